The van der Waals surface area contributed by atoms with Crippen molar-refractivity contribution < 1.29 is 5.11 Å². The largest absolute Gasteiger partial charge is 0.396 e. The van der Waals surface area contributed by atoms with Crippen molar-refractivity contribution in [2.75, 3.05) is 6.61 Å². The van der Waals surface area contributed by atoms with E-state index >= 15 is 0 Å². The van der Waals surface area contributed by atoms with E-state index in [1.54, 1.807) is 0 Å². The van der Waals surface area contributed by atoms with Crippen molar-refractivity contribution in [1.82, 2.24) is 0 Å². The van der Waals surface area contributed by atoms with E-state index in [0.717, 1.165) is 23.7 Å². The molecule has 1 N–H and O–H groups in total. The Morgan fingerprint density at radius 3 is 2.69 bits per heavy atom. The van der Waals surface area contributed by atoms with E-state index in [4.69, 9.17) is 5.11 Å². The van der Waals surface area contributed by atoms with Crippen LogP contribution in [0, 0.1) is 0 Å². The van der Waals surface area contributed by atoms with Gasteiger partial charge in [0.05, 0.1) is 0 Å². The summed E-state index contributed by atoms with van der Waals surface area (Å²) in [5.74, 6) is 0. The summed E-state index contributed by atoms with van der Waals surface area (Å²) < 4.78 is 1.14. The van der Waals surface area contributed by atoms with Crippen LogP contribution < -0.4 is 0 Å². The van der Waals surface area contributed by atoms with E-state index in [9.17, 15) is 0 Å². The van der Waals surface area contributed by atoms with Crippen LogP contribution in [0.1, 0.15) is 24.5 Å². The fourth-order valence-electron chi connectivity index (χ4n) is 1.44. The molecule has 0 amide bonds. The van der Waals surface area contributed by atoms with E-state index in [0.29, 0.717) is 0 Å². The topological polar surface area (TPSA) is 20.2 Å². The quantitative estimate of drug-likeness (QED) is 0.861. The van der Waals surface area contributed by atoms with Gasteiger partial charge < -0.3 is 5.11 Å². The lowest BCUT2D eigenvalue weighted by atomic mass is 10.0. The first kappa shape index (κ1) is 10.7. The summed E-state index contributed by atoms with van der Waals surface area (Å²) in [5.41, 5.74) is 2.74. The van der Waals surface area contributed by atoms with Gasteiger partial charge in [0.1, 0.15) is 0 Å². The molecule has 0 unspecified atom stereocenters. The standard InChI is InChI=1S/C11H15BrO/c1-2-9-8-11(12)6-5-10(9)4-3-7-13/h5-6,8,13H,2-4,7H2,1H3. The Bertz CT molecular complexity index is 271. The highest BCUT2D eigenvalue weighted by molar-refractivity contribution is 9.10. The molecule has 2 heteroatoms. The van der Waals surface area contributed by atoms with E-state index < -0.39 is 0 Å². The molecule has 1 aromatic rings. The summed E-state index contributed by atoms with van der Waals surface area (Å²) in [7, 11) is 0. The average Bonchev–Trinajstić information content (AvgIpc) is 2.16. The molecule has 0 bridgehead atoms. The Morgan fingerprint density at radius 1 is 1.31 bits per heavy atom. The van der Waals surface area contributed by atoms with Crippen molar-refractivity contribution in [2.45, 2.75) is 26.2 Å². The number of rotatable bonds is 4. The first-order chi connectivity index (χ1) is 6.27. The summed E-state index contributed by atoms with van der Waals surface area (Å²) in [6.07, 6.45) is 2.89. The number of aliphatic hydroxyl groups is 1. The van der Waals surface area contributed by atoms with Gasteiger partial charge >= 0.3 is 0 Å². The molecule has 72 valence electrons. The molecule has 0 aliphatic heterocycles. The summed E-state index contributed by atoms with van der Waals surface area (Å²) in [6.45, 7) is 2.43. The zero-order valence-electron chi connectivity index (χ0n) is 7.89. The van der Waals surface area contributed by atoms with Crippen molar-refractivity contribution in [1.29, 1.82) is 0 Å². The second kappa shape index (κ2) is 5.40. The first-order valence-corrected chi connectivity index (χ1v) is 5.45. The monoisotopic (exact) mass is 242 g/mol. The van der Waals surface area contributed by atoms with Gasteiger partial charge in [0.25, 0.3) is 0 Å². The van der Waals surface area contributed by atoms with Crippen molar-refractivity contribution in [3.05, 3.63) is 33.8 Å². The van der Waals surface area contributed by atoms with Gasteiger partial charge in [0.2, 0.25) is 0 Å². The molecule has 0 heterocycles. The minimum absolute atomic E-state index is 0.277. The second-order valence-electron chi connectivity index (χ2n) is 3.09. The number of halogens is 1. The smallest absolute Gasteiger partial charge is 0.0434 e. The average molecular weight is 243 g/mol. The zero-order valence-corrected chi connectivity index (χ0v) is 9.47. The number of aryl methyl sites for hydroxylation is 2. The van der Waals surface area contributed by atoms with Gasteiger partial charge in [0.15, 0.2) is 0 Å². The third-order valence-electron chi connectivity index (χ3n) is 2.15. The van der Waals surface area contributed by atoms with Crippen molar-refractivity contribution in [2.24, 2.45) is 0 Å². The Hall–Kier alpha value is -0.340. The van der Waals surface area contributed by atoms with E-state index in [-0.39, 0.29) is 6.61 Å². The minimum atomic E-state index is 0.277. The fourth-order valence-corrected chi connectivity index (χ4v) is 1.85. The van der Waals surface area contributed by atoms with E-state index in [2.05, 4.69) is 41.1 Å². The molecule has 0 fully saturated rings. The van der Waals surface area contributed by atoms with E-state index in [1.165, 1.54) is 11.1 Å². The fraction of sp³-hybridized carbons (Fsp3) is 0.455. The van der Waals surface area contributed by atoms with Crippen LogP contribution in [-0.2, 0) is 12.8 Å². The van der Waals surface area contributed by atoms with Crippen LogP contribution in [-0.4, -0.2) is 11.7 Å². The molecule has 0 saturated carbocycles. The Morgan fingerprint density at radius 2 is 2.08 bits per heavy atom. The van der Waals surface area contributed by atoms with Crippen LogP contribution in [0.2, 0.25) is 0 Å². The summed E-state index contributed by atoms with van der Waals surface area (Å²) >= 11 is 3.46. The van der Waals surface area contributed by atoms with Gasteiger partial charge in [-0.2, -0.15) is 0 Å². The predicted molar refractivity (Wildman–Crippen MR) is 58.9 cm³/mol. The van der Waals surface area contributed by atoms with Crippen LogP contribution in [0.15, 0.2) is 22.7 Å². The third-order valence-corrected chi connectivity index (χ3v) is 2.65. The SMILES string of the molecule is CCc1cc(Br)ccc1CCCO. The van der Waals surface area contributed by atoms with Gasteiger partial charge in [-0.05, 0) is 42.5 Å². The highest BCUT2D eigenvalue weighted by Crippen LogP contribution is 2.18. The van der Waals surface area contributed by atoms with Crippen LogP contribution in [0.3, 0.4) is 0 Å². The van der Waals surface area contributed by atoms with Crippen molar-refractivity contribution in [3.8, 4) is 0 Å². The summed E-state index contributed by atoms with van der Waals surface area (Å²) in [6, 6.07) is 6.36. The second-order valence-corrected chi connectivity index (χ2v) is 4.01. The first-order valence-electron chi connectivity index (χ1n) is 4.66. The van der Waals surface area contributed by atoms with Gasteiger partial charge in [-0.3, -0.25) is 0 Å². The Labute approximate surface area is 87.9 Å². The van der Waals surface area contributed by atoms with Crippen LogP contribution in [0.4, 0.5) is 0 Å². The molecule has 1 aromatic carbocycles. The maximum Gasteiger partial charge on any atom is 0.0434 e. The molecule has 1 rings (SSSR count). The van der Waals surface area contributed by atoms with Crippen molar-refractivity contribution in [3.63, 3.8) is 0 Å². The molecule has 1 nitrogen and oxygen atoms in total. The van der Waals surface area contributed by atoms with Crippen LogP contribution in [0.5, 0.6) is 0 Å². The number of benzene rings is 1. The molecule has 0 saturated heterocycles. The molecule has 13 heavy (non-hydrogen) atoms. The lowest BCUT2D eigenvalue weighted by molar-refractivity contribution is 0.288. The minimum Gasteiger partial charge on any atom is -0.396 e. The maximum atomic E-state index is 8.74. The predicted octanol–water partition coefficient (Wildman–Crippen LogP) is 2.94. The lowest BCUT2D eigenvalue weighted by Crippen LogP contribution is -1.95. The van der Waals surface area contributed by atoms with Gasteiger partial charge in [-0.1, -0.05) is 28.9 Å². The van der Waals surface area contributed by atoms with Crippen molar-refractivity contribution >= 4 is 15.9 Å². The number of aliphatic hydroxyl groups excluding tert-OH is 1. The molecule has 0 aliphatic carbocycles. The molecular formula is C11H15BrO. The number of hydrogen-bond acceptors (Lipinski definition) is 1. The highest BCUT2D eigenvalue weighted by atomic mass is 79.9. The lowest BCUT2D eigenvalue weighted by Gasteiger charge is -2.07. The molecule has 0 atom stereocenters. The van der Waals surface area contributed by atoms with Gasteiger partial charge in [0, 0.05) is 11.1 Å². The van der Waals surface area contributed by atoms with E-state index in [1.807, 2.05) is 0 Å². The highest BCUT2D eigenvalue weighted by Gasteiger charge is 2.00. The summed E-state index contributed by atoms with van der Waals surface area (Å²) in [5, 5.41) is 8.74. The number of hydrogen-bond donors (Lipinski definition) is 1. The zero-order chi connectivity index (χ0) is 9.68. The normalized spacial score (nSPS) is 10.4. The van der Waals surface area contributed by atoms with Crippen LogP contribution in [0.25, 0.3) is 0 Å². The molecule has 0 spiro atoms. The van der Waals surface area contributed by atoms with Crippen LogP contribution >= 0.6 is 15.9 Å². The van der Waals surface area contributed by atoms with Gasteiger partial charge in [-0.15, -0.1) is 0 Å². The molecular weight excluding hydrogens is 228 g/mol. The Balaban J connectivity index is 2.79. The maximum absolute atomic E-state index is 8.74. The summed E-state index contributed by atoms with van der Waals surface area (Å²) in [4.78, 5) is 0. The molecule has 0 aliphatic rings. The molecule has 0 radical (unpaired) electrons. The third kappa shape index (κ3) is 3.12. The Kier molecular flexibility index (Phi) is 4.46. The molecule has 0 aromatic heterocycles. The van der Waals surface area contributed by atoms with Gasteiger partial charge in [-0.25, -0.2) is 0 Å².